The minimum absolute atomic E-state index is 0.399. The lowest BCUT2D eigenvalue weighted by Gasteiger charge is -1.99. The van der Waals surface area contributed by atoms with Crippen molar-refractivity contribution in [2.45, 2.75) is 26.2 Å². The second-order valence-electron chi connectivity index (χ2n) is 4.07. The van der Waals surface area contributed by atoms with Gasteiger partial charge in [0.15, 0.2) is 0 Å². The highest BCUT2D eigenvalue weighted by molar-refractivity contribution is 6.68. The summed E-state index contributed by atoms with van der Waals surface area (Å²) in [6.07, 6.45) is 2.65. The van der Waals surface area contributed by atoms with Gasteiger partial charge in [0.1, 0.15) is 17.0 Å². The summed E-state index contributed by atoms with van der Waals surface area (Å²) < 4.78 is 5.26. The summed E-state index contributed by atoms with van der Waals surface area (Å²) in [5, 5.41) is 3.47. The number of halogens is 1. The van der Waals surface area contributed by atoms with Crippen molar-refractivity contribution in [2.75, 3.05) is 0 Å². The summed E-state index contributed by atoms with van der Waals surface area (Å²) in [6, 6.07) is 9.44. The van der Waals surface area contributed by atoms with Crippen LogP contribution >= 0.6 is 11.6 Å². The van der Waals surface area contributed by atoms with Gasteiger partial charge in [-0.25, -0.2) is 0 Å². The molecule has 0 bridgehead atoms. The monoisotopic (exact) mass is 263 g/mol. The SMILES string of the molecule is CCCCc1onc(-c2ccccc2)c1C(=O)Cl. The van der Waals surface area contributed by atoms with E-state index in [1.54, 1.807) is 0 Å². The van der Waals surface area contributed by atoms with Gasteiger partial charge >= 0.3 is 0 Å². The second-order valence-corrected chi connectivity index (χ2v) is 4.42. The van der Waals surface area contributed by atoms with E-state index < -0.39 is 5.24 Å². The van der Waals surface area contributed by atoms with Crippen LogP contribution in [0.4, 0.5) is 0 Å². The lowest BCUT2D eigenvalue weighted by molar-refractivity contribution is 0.108. The van der Waals surface area contributed by atoms with E-state index in [0.717, 1.165) is 18.4 Å². The van der Waals surface area contributed by atoms with Crippen molar-refractivity contribution in [3.63, 3.8) is 0 Å². The summed E-state index contributed by atoms with van der Waals surface area (Å²) in [5.74, 6) is 0.579. The van der Waals surface area contributed by atoms with Crippen molar-refractivity contribution in [3.8, 4) is 11.3 Å². The molecule has 4 heteroatoms. The molecule has 0 aliphatic heterocycles. The van der Waals surface area contributed by atoms with Crippen molar-refractivity contribution in [1.82, 2.24) is 5.16 Å². The fourth-order valence-electron chi connectivity index (χ4n) is 1.83. The highest BCUT2D eigenvalue weighted by Gasteiger charge is 2.21. The van der Waals surface area contributed by atoms with Crippen LogP contribution in [0.2, 0.25) is 0 Å². The van der Waals surface area contributed by atoms with Gasteiger partial charge in [0, 0.05) is 12.0 Å². The Hall–Kier alpha value is -1.61. The number of nitrogens with zero attached hydrogens (tertiary/aromatic N) is 1. The normalized spacial score (nSPS) is 10.6. The second kappa shape index (κ2) is 5.83. The van der Waals surface area contributed by atoms with Gasteiger partial charge < -0.3 is 4.52 Å². The number of hydrogen-bond donors (Lipinski definition) is 0. The minimum Gasteiger partial charge on any atom is -0.360 e. The number of carbonyl (C=O) groups is 1. The van der Waals surface area contributed by atoms with Gasteiger partial charge in [-0.3, -0.25) is 4.79 Å². The number of benzene rings is 1. The molecule has 1 aromatic carbocycles. The molecule has 0 N–H and O–H groups in total. The minimum atomic E-state index is -0.513. The van der Waals surface area contributed by atoms with E-state index in [1.807, 2.05) is 30.3 Å². The first-order valence-corrected chi connectivity index (χ1v) is 6.35. The van der Waals surface area contributed by atoms with E-state index in [2.05, 4.69) is 12.1 Å². The number of aromatic nitrogens is 1. The molecule has 3 nitrogen and oxygen atoms in total. The van der Waals surface area contributed by atoms with Crippen molar-refractivity contribution >= 4 is 16.8 Å². The summed E-state index contributed by atoms with van der Waals surface area (Å²) in [5.41, 5.74) is 1.77. The molecular formula is C14H14ClNO2. The predicted molar refractivity (Wildman–Crippen MR) is 70.7 cm³/mol. The Morgan fingerprint density at radius 2 is 2.06 bits per heavy atom. The molecule has 0 atom stereocenters. The first kappa shape index (κ1) is 12.8. The summed E-state index contributed by atoms with van der Waals surface area (Å²) in [4.78, 5) is 11.6. The number of unbranched alkanes of at least 4 members (excludes halogenated alkanes) is 1. The van der Waals surface area contributed by atoms with Crippen LogP contribution in [0.1, 0.15) is 35.9 Å². The Bertz CT molecular complexity index is 534. The highest BCUT2D eigenvalue weighted by atomic mass is 35.5. The van der Waals surface area contributed by atoms with E-state index in [4.69, 9.17) is 16.1 Å². The molecule has 94 valence electrons. The predicted octanol–water partition coefficient (Wildman–Crippen LogP) is 4.06. The van der Waals surface area contributed by atoms with Crippen LogP contribution in [-0.4, -0.2) is 10.4 Å². The first-order chi connectivity index (χ1) is 8.74. The molecule has 0 saturated heterocycles. The number of hydrogen-bond acceptors (Lipinski definition) is 3. The van der Waals surface area contributed by atoms with Gasteiger partial charge in [-0.05, 0) is 18.0 Å². The van der Waals surface area contributed by atoms with Crippen LogP contribution in [0.15, 0.2) is 34.9 Å². The van der Waals surface area contributed by atoms with Gasteiger partial charge in [0.05, 0.1) is 0 Å². The number of carbonyl (C=O) groups excluding carboxylic acids is 1. The maximum absolute atomic E-state index is 11.6. The van der Waals surface area contributed by atoms with Crippen molar-refractivity contribution in [2.24, 2.45) is 0 Å². The van der Waals surface area contributed by atoms with Gasteiger partial charge in [0.25, 0.3) is 5.24 Å². The van der Waals surface area contributed by atoms with Crippen LogP contribution in [0.25, 0.3) is 11.3 Å². The Balaban J connectivity index is 2.42. The maximum Gasteiger partial charge on any atom is 0.258 e. The molecule has 1 heterocycles. The van der Waals surface area contributed by atoms with Gasteiger partial charge in [-0.15, -0.1) is 0 Å². The molecule has 0 amide bonds. The largest absolute Gasteiger partial charge is 0.360 e. The van der Waals surface area contributed by atoms with Crippen molar-refractivity contribution < 1.29 is 9.32 Å². The van der Waals surface area contributed by atoms with Gasteiger partial charge in [0.2, 0.25) is 0 Å². The average Bonchev–Trinajstić information content (AvgIpc) is 2.81. The molecule has 2 rings (SSSR count). The molecule has 0 aliphatic carbocycles. The van der Waals surface area contributed by atoms with Crippen molar-refractivity contribution in [3.05, 3.63) is 41.7 Å². The lowest BCUT2D eigenvalue weighted by atomic mass is 10.0. The van der Waals surface area contributed by atoms with Crippen LogP contribution in [-0.2, 0) is 6.42 Å². The van der Waals surface area contributed by atoms with E-state index in [-0.39, 0.29) is 0 Å². The number of rotatable bonds is 5. The Kier molecular flexibility index (Phi) is 4.15. The van der Waals surface area contributed by atoms with E-state index in [0.29, 0.717) is 23.4 Å². The Morgan fingerprint density at radius 3 is 2.67 bits per heavy atom. The maximum atomic E-state index is 11.6. The molecule has 0 fully saturated rings. The van der Waals surface area contributed by atoms with Crippen LogP contribution in [0.3, 0.4) is 0 Å². The molecule has 0 saturated carbocycles. The third-order valence-electron chi connectivity index (χ3n) is 2.76. The quantitative estimate of drug-likeness (QED) is 0.764. The molecule has 0 aliphatic rings. The fourth-order valence-corrected chi connectivity index (χ4v) is 2.02. The standard InChI is InChI=1S/C14H14ClNO2/c1-2-3-9-11-12(14(15)17)13(16-18-11)10-7-5-4-6-8-10/h4-8H,2-3,9H2,1H3. The molecule has 1 aromatic heterocycles. The molecule has 2 aromatic rings. The molecule has 0 radical (unpaired) electrons. The zero-order valence-electron chi connectivity index (χ0n) is 10.1. The Labute approximate surface area is 111 Å². The van der Waals surface area contributed by atoms with E-state index in [9.17, 15) is 4.79 Å². The molecule has 0 spiro atoms. The lowest BCUT2D eigenvalue weighted by Crippen LogP contribution is -1.96. The van der Waals surface area contributed by atoms with Gasteiger partial charge in [-0.1, -0.05) is 48.8 Å². The summed E-state index contributed by atoms with van der Waals surface area (Å²) in [6.45, 7) is 2.08. The Morgan fingerprint density at radius 1 is 1.33 bits per heavy atom. The van der Waals surface area contributed by atoms with Crippen LogP contribution < -0.4 is 0 Å². The molecule has 0 unspecified atom stereocenters. The topological polar surface area (TPSA) is 43.1 Å². The molecule has 18 heavy (non-hydrogen) atoms. The zero-order chi connectivity index (χ0) is 13.0. The highest BCUT2D eigenvalue weighted by Crippen LogP contribution is 2.27. The molecular weight excluding hydrogens is 250 g/mol. The third-order valence-corrected chi connectivity index (χ3v) is 2.95. The van der Waals surface area contributed by atoms with Crippen LogP contribution in [0, 0.1) is 0 Å². The average molecular weight is 264 g/mol. The summed E-state index contributed by atoms with van der Waals surface area (Å²) >= 11 is 5.64. The zero-order valence-corrected chi connectivity index (χ0v) is 10.9. The van der Waals surface area contributed by atoms with Crippen molar-refractivity contribution in [1.29, 1.82) is 0 Å². The third kappa shape index (κ3) is 2.62. The van der Waals surface area contributed by atoms with Crippen LogP contribution in [0.5, 0.6) is 0 Å². The summed E-state index contributed by atoms with van der Waals surface area (Å²) in [7, 11) is 0. The van der Waals surface area contributed by atoms with E-state index >= 15 is 0 Å². The first-order valence-electron chi connectivity index (χ1n) is 5.97. The van der Waals surface area contributed by atoms with E-state index in [1.165, 1.54) is 0 Å². The smallest absolute Gasteiger partial charge is 0.258 e. The number of aryl methyl sites for hydroxylation is 1. The fraction of sp³-hybridized carbons (Fsp3) is 0.286. The van der Waals surface area contributed by atoms with Gasteiger partial charge in [-0.2, -0.15) is 0 Å².